The molecule has 2 aromatic heterocycles. The number of hydrogen-bond donors (Lipinski definition) is 1. The molecule has 2 N–H and O–H groups in total. The topological polar surface area (TPSA) is 61.0 Å². The summed E-state index contributed by atoms with van der Waals surface area (Å²) in [6, 6.07) is 8.22. The molecular formula is C20H25N3OS. The first-order valence-corrected chi connectivity index (χ1v) is 9.44. The number of rotatable bonds is 6. The highest BCUT2D eigenvalue weighted by molar-refractivity contribution is 7.17. The van der Waals surface area contributed by atoms with Crippen molar-refractivity contribution in [3.8, 4) is 16.9 Å². The van der Waals surface area contributed by atoms with Gasteiger partial charge in [0.1, 0.15) is 17.9 Å². The molecule has 0 aliphatic rings. The lowest BCUT2D eigenvalue weighted by atomic mass is 9.93. The first kappa shape index (κ1) is 17.8. The molecule has 0 fully saturated rings. The summed E-state index contributed by atoms with van der Waals surface area (Å²) in [5.41, 5.74) is 12.1. The van der Waals surface area contributed by atoms with Crippen LogP contribution in [0.15, 0.2) is 36.0 Å². The van der Waals surface area contributed by atoms with Crippen LogP contribution >= 0.6 is 11.3 Å². The average molecular weight is 356 g/mol. The van der Waals surface area contributed by atoms with E-state index in [-0.39, 0.29) is 5.54 Å². The molecule has 3 rings (SSSR count). The van der Waals surface area contributed by atoms with E-state index in [0.717, 1.165) is 39.2 Å². The number of aryl methyl sites for hydroxylation is 1. The lowest BCUT2D eigenvalue weighted by Gasteiger charge is -2.26. The highest BCUT2D eigenvalue weighted by Crippen LogP contribution is 2.36. The smallest absolute Gasteiger partial charge is 0.146 e. The van der Waals surface area contributed by atoms with Crippen LogP contribution < -0.4 is 10.5 Å². The second kappa shape index (κ2) is 7.10. The van der Waals surface area contributed by atoms with Gasteiger partial charge >= 0.3 is 0 Å². The van der Waals surface area contributed by atoms with Gasteiger partial charge in [0.05, 0.1) is 10.2 Å². The van der Waals surface area contributed by atoms with Crippen molar-refractivity contribution in [2.75, 3.05) is 6.61 Å². The van der Waals surface area contributed by atoms with Gasteiger partial charge in [-0.3, -0.25) is 4.98 Å². The summed E-state index contributed by atoms with van der Waals surface area (Å²) in [6.07, 6.45) is 2.76. The molecule has 0 spiro atoms. The highest BCUT2D eigenvalue weighted by atomic mass is 32.1. The SMILES string of the molecule is Cc1cc(-c2ccc(OCC(C)(N)CC(C)C)c3ncsc23)ccn1. The fourth-order valence-corrected chi connectivity index (χ4v) is 4.06. The molecule has 0 amide bonds. The molecular weight excluding hydrogens is 330 g/mol. The minimum absolute atomic E-state index is 0.350. The molecule has 4 nitrogen and oxygen atoms in total. The number of ether oxygens (including phenoxy) is 1. The van der Waals surface area contributed by atoms with Crippen molar-refractivity contribution >= 4 is 21.6 Å². The number of nitrogens with two attached hydrogens (primary N) is 1. The summed E-state index contributed by atoms with van der Waals surface area (Å²) in [5.74, 6) is 1.33. The predicted octanol–water partition coefficient (Wildman–Crippen LogP) is 4.81. The molecule has 1 atom stereocenters. The van der Waals surface area contributed by atoms with Gasteiger partial charge in [0.25, 0.3) is 0 Å². The van der Waals surface area contributed by atoms with Crippen LogP contribution in [-0.2, 0) is 0 Å². The highest BCUT2D eigenvalue weighted by Gasteiger charge is 2.22. The molecule has 0 saturated carbocycles. The Bertz CT molecular complexity index is 870. The number of hydrogen-bond acceptors (Lipinski definition) is 5. The third-order valence-electron chi connectivity index (χ3n) is 4.09. The quantitative estimate of drug-likeness (QED) is 0.689. The molecule has 0 saturated heterocycles. The maximum atomic E-state index is 6.37. The standard InChI is InChI=1S/C20H25N3OS/c1-13(2)10-20(4,21)11-24-17-6-5-16(19-18(17)23-12-25-19)15-7-8-22-14(3)9-15/h5-9,12-13H,10-11,21H2,1-4H3. The van der Waals surface area contributed by atoms with Crippen molar-refractivity contribution < 1.29 is 4.74 Å². The van der Waals surface area contributed by atoms with Gasteiger partial charge in [-0.15, -0.1) is 11.3 Å². The second-order valence-electron chi connectivity index (χ2n) is 7.37. The number of nitrogens with zero attached hydrogens (tertiary/aromatic N) is 2. The lowest BCUT2D eigenvalue weighted by Crippen LogP contribution is -2.43. The molecule has 0 radical (unpaired) electrons. The summed E-state index contributed by atoms with van der Waals surface area (Å²) in [6.45, 7) is 8.87. The third kappa shape index (κ3) is 4.17. The number of thiazole rings is 1. The van der Waals surface area contributed by atoms with Crippen molar-refractivity contribution in [3.05, 3.63) is 41.7 Å². The van der Waals surface area contributed by atoms with Crippen molar-refractivity contribution in [1.29, 1.82) is 0 Å². The van der Waals surface area contributed by atoms with Crippen molar-refractivity contribution in [3.63, 3.8) is 0 Å². The molecule has 1 unspecified atom stereocenters. The van der Waals surface area contributed by atoms with Crippen LogP contribution in [0.3, 0.4) is 0 Å². The number of aromatic nitrogens is 2. The summed E-state index contributed by atoms with van der Waals surface area (Å²) in [7, 11) is 0. The van der Waals surface area contributed by atoms with Crippen molar-refractivity contribution in [1.82, 2.24) is 9.97 Å². The van der Waals surface area contributed by atoms with Crippen LogP contribution in [0.2, 0.25) is 0 Å². The summed E-state index contributed by atoms with van der Waals surface area (Å²) < 4.78 is 7.19. The van der Waals surface area contributed by atoms with Crippen molar-refractivity contribution in [2.24, 2.45) is 11.7 Å². The van der Waals surface area contributed by atoms with Crippen LogP contribution in [0.4, 0.5) is 0 Å². The van der Waals surface area contributed by atoms with Gasteiger partial charge in [-0.25, -0.2) is 4.98 Å². The zero-order chi connectivity index (χ0) is 18.0. The van der Waals surface area contributed by atoms with Gasteiger partial charge in [0, 0.05) is 23.0 Å². The molecule has 2 heterocycles. The van der Waals surface area contributed by atoms with Crippen LogP contribution in [0.25, 0.3) is 21.3 Å². The van der Waals surface area contributed by atoms with Gasteiger partial charge in [0.2, 0.25) is 0 Å². The Labute approximate surface area is 153 Å². The Balaban J connectivity index is 1.90. The maximum Gasteiger partial charge on any atom is 0.146 e. The van der Waals surface area contributed by atoms with E-state index in [1.54, 1.807) is 11.3 Å². The Hall–Kier alpha value is -1.98. The fraction of sp³-hybridized carbons (Fsp3) is 0.400. The Morgan fingerprint density at radius 2 is 2.04 bits per heavy atom. The van der Waals surface area contributed by atoms with Crippen LogP contribution in [-0.4, -0.2) is 22.1 Å². The molecule has 132 valence electrons. The van der Waals surface area contributed by atoms with E-state index in [1.165, 1.54) is 0 Å². The first-order valence-electron chi connectivity index (χ1n) is 8.57. The van der Waals surface area contributed by atoms with E-state index in [2.05, 4.69) is 35.9 Å². The molecule has 5 heteroatoms. The van der Waals surface area contributed by atoms with E-state index in [0.29, 0.717) is 12.5 Å². The lowest BCUT2D eigenvalue weighted by molar-refractivity contribution is 0.208. The molecule has 0 bridgehead atoms. The zero-order valence-corrected chi connectivity index (χ0v) is 16.1. The number of pyridine rings is 1. The molecule has 1 aromatic carbocycles. The van der Waals surface area contributed by atoms with Gasteiger partial charge < -0.3 is 10.5 Å². The monoisotopic (exact) mass is 355 g/mol. The number of fused-ring (bicyclic) bond motifs is 1. The summed E-state index contributed by atoms with van der Waals surface area (Å²) >= 11 is 1.63. The Morgan fingerprint density at radius 1 is 1.24 bits per heavy atom. The van der Waals surface area contributed by atoms with Gasteiger partial charge in [-0.05, 0) is 56.0 Å². The normalized spacial score (nSPS) is 14.0. The van der Waals surface area contributed by atoms with Crippen LogP contribution in [0.1, 0.15) is 32.9 Å². The van der Waals surface area contributed by atoms with Gasteiger partial charge in [-0.2, -0.15) is 0 Å². The minimum Gasteiger partial charge on any atom is -0.489 e. The van der Waals surface area contributed by atoms with Gasteiger partial charge in [-0.1, -0.05) is 13.8 Å². The number of benzene rings is 1. The molecule has 0 aliphatic heterocycles. The van der Waals surface area contributed by atoms with E-state index in [9.17, 15) is 0 Å². The maximum absolute atomic E-state index is 6.37. The Morgan fingerprint density at radius 3 is 2.76 bits per heavy atom. The van der Waals surface area contributed by atoms with E-state index < -0.39 is 0 Å². The van der Waals surface area contributed by atoms with Gasteiger partial charge in [0.15, 0.2) is 0 Å². The first-order chi connectivity index (χ1) is 11.9. The minimum atomic E-state index is -0.350. The average Bonchev–Trinajstić information content (AvgIpc) is 3.01. The van der Waals surface area contributed by atoms with Crippen LogP contribution in [0.5, 0.6) is 5.75 Å². The predicted molar refractivity (Wildman–Crippen MR) is 105 cm³/mol. The fourth-order valence-electron chi connectivity index (χ4n) is 3.22. The van der Waals surface area contributed by atoms with E-state index in [1.807, 2.05) is 37.7 Å². The molecule has 25 heavy (non-hydrogen) atoms. The summed E-state index contributed by atoms with van der Waals surface area (Å²) in [4.78, 5) is 8.81. The van der Waals surface area contributed by atoms with E-state index in [4.69, 9.17) is 10.5 Å². The molecule has 3 aromatic rings. The largest absolute Gasteiger partial charge is 0.489 e. The Kier molecular flexibility index (Phi) is 5.06. The van der Waals surface area contributed by atoms with Crippen molar-refractivity contribution in [2.45, 2.75) is 39.7 Å². The summed E-state index contributed by atoms with van der Waals surface area (Å²) in [5, 5.41) is 0. The second-order valence-corrected chi connectivity index (χ2v) is 8.22. The third-order valence-corrected chi connectivity index (χ3v) is 4.95. The zero-order valence-electron chi connectivity index (χ0n) is 15.2. The molecule has 0 aliphatic carbocycles. The van der Waals surface area contributed by atoms with Crippen LogP contribution in [0, 0.1) is 12.8 Å². The van der Waals surface area contributed by atoms with E-state index >= 15 is 0 Å².